The molecule has 0 spiro atoms. The van der Waals surface area contributed by atoms with Gasteiger partial charge >= 0.3 is 0 Å². The number of aliphatic hydroxyl groups excluding tert-OH is 5. The molecule has 168 valence electrons. The lowest BCUT2D eigenvalue weighted by atomic mass is 9.99. The first kappa shape index (κ1) is 25.8. The Balaban J connectivity index is 2.02. The van der Waals surface area contributed by atoms with Gasteiger partial charge in [0.15, 0.2) is 6.29 Å². The summed E-state index contributed by atoms with van der Waals surface area (Å²) in [6.07, 6.45) is 6.90. The smallest absolute Gasteiger partial charge is 0.186 e. The molecule has 1 fully saturated rings. The number of hydrogen-bond donors (Lipinski definition) is 5. The van der Waals surface area contributed by atoms with Crippen molar-refractivity contribution in [2.75, 3.05) is 13.2 Å². The highest BCUT2D eigenvalue weighted by molar-refractivity contribution is 4.88. The van der Waals surface area contributed by atoms with Gasteiger partial charge in [0, 0.05) is 0 Å². The Morgan fingerprint density at radius 1 is 0.786 bits per heavy atom. The molecule has 0 radical (unpaired) electrons. The Morgan fingerprint density at radius 2 is 1.36 bits per heavy atom. The first-order valence-corrected chi connectivity index (χ1v) is 11.1. The zero-order valence-corrected chi connectivity index (χ0v) is 17.4. The van der Waals surface area contributed by atoms with Crippen LogP contribution in [0.1, 0.15) is 84.0 Å². The molecule has 5 unspecified atom stereocenters. The molecule has 28 heavy (non-hydrogen) atoms. The topological polar surface area (TPSA) is 120 Å². The van der Waals surface area contributed by atoms with Crippen LogP contribution in [0.25, 0.3) is 0 Å². The van der Waals surface area contributed by atoms with Crippen molar-refractivity contribution in [3.05, 3.63) is 0 Å². The van der Waals surface area contributed by atoms with Crippen molar-refractivity contribution in [1.29, 1.82) is 0 Å². The predicted molar refractivity (Wildman–Crippen MR) is 107 cm³/mol. The van der Waals surface area contributed by atoms with Crippen molar-refractivity contribution in [3.63, 3.8) is 0 Å². The Bertz CT molecular complexity index is 367. The molecular formula is C21H42O7. The summed E-state index contributed by atoms with van der Waals surface area (Å²) in [4.78, 5) is 0. The molecule has 6 atom stereocenters. The molecule has 1 aliphatic rings. The van der Waals surface area contributed by atoms with Crippen LogP contribution >= 0.6 is 0 Å². The molecule has 0 bridgehead atoms. The molecule has 0 amide bonds. The number of ether oxygens (including phenoxy) is 2. The normalized spacial score (nSPS) is 29.1. The summed E-state index contributed by atoms with van der Waals surface area (Å²) in [6, 6.07) is 0. The van der Waals surface area contributed by atoms with Crippen LogP contribution in [0.2, 0.25) is 0 Å². The highest BCUT2D eigenvalue weighted by atomic mass is 16.7. The first-order valence-electron chi connectivity index (χ1n) is 11.1. The van der Waals surface area contributed by atoms with E-state index >= 15 is 0 Å². The molecule has 5 N–H and O–H groups in total. The Morgan fingerprint density at radius 3 is 1.93 bits per heavy atom. The average Bonchev–Trinajstić information content (AvgIpc) is 2.69. The molecule has 1 rings (SSSR count). The van der Waals surface area contributed by atoms with E-state index in [9.17, 15) is 20.4 Å². The van der Waals surface area contributed by atoms with Crippen molar-refractivity contribution < 1.29 is 35.0 Å². The van der Waals surface area contributed by atoms with Gasteiger partial charge in [0.05, 0.1) is 19.3 Å². The highest BCUT2D eigenvalue weighted by Crippen LogP contribution is 2.22. The Kier molecular flexibility index (Phi) is 14.3. The SMILES string of the molecule is CCCCCCCCCCCC[C@@H](O)CCOC1OC(CO)C(O)C(O)C1O. The lowest BCUT2D eigenvalue weighted by Crippen LogP contribution is -2.59. The molecule has 0 aromatic rings. The van der Waals surface area contributed by atoms with Gasteiger partial charge in [-0.25, -0.2) is 0 Å². The van der Waals surface area contributed by atoms with Crippen molar-refractivity contribution in [2.24, 2.45) is 0 Å². The summed E-state index contributed by atoms with van der Waals surface area (Å²) in [7, 11) is 0. The third-order valence-corrected chi connectivity index (χ3v) is 5.47. The lowest BCUT2D eigenvalue weighted by molar-refractivity contribution is -0.301. The van der Waals surface area contributed by atoms with Gasteiger partial charge in [-0.05, 0) is 12.8 Å². The minimum atomic E-state index is -1.44. The minimum Gasteiger partial charge on any atom is -0.394 e. The van der Waals surface area contributed by atoms with E-state index in [1.54, 1.807) is 0 Å². The van der Waals surface area contributed by atoms with Crippen molar-refractivity contribution in [2.45, 2.75) is 121 Å². The molecule has 0 saturated carbocycles. The molecule has 0 aromatic carbocycles. The van der Waals surface area contributed by atoms with Gasteiger partial charge in [-0.2, -0.15) is 0 Å². The monoisotopic (exact) mass is 406 g/mol. The molecule has 1 heterocycles. The number of rotatable bonds is 16. The minimum absolute atomic E-state index is 0.168. The third-order valence-electron chi connectivity index (χ3n) is 5.47. The van der Waals surface area contributed by atoms with Crippen LogP contribution in [0.3, 0.4) is 0 Å². The van der Waals surface area contributed by atoms with Crippen LogP contribution in [0.4, 0.5) is 0 Å². The fourth-order valence-electron chi connectivity index (χ4n) is 3.54. The van der Waals surface area contributed by atoms with E-state index in [0.29, 0.717) is 12.8 Å². The van der Waals surface area contributed by atoms with Crippen LogP contribution < -0.4 is 0 Å². The molecular weight excluding hydrogens is 364 g/mol. The second-order valence-electron chi connectivity index (χ2n) is 7.98. The zero-order chi connectivity index (χ0) is 20.8. The van der Waals surface area contributed by atoms with E-state index in [4.69, 9.17) is 14.6 Å². The summed E-state index contributed by atoms with van der Waals surface area (Å²) in [5.41, 5.74) is 0. The molecule has 7 nitrogen and oxygen atoms in total. The summed E-state index contributed by atoms with van der Waals surface area (Å²) >= 11 is 0. The number of hydrogen-bond acceptors (Lipinski definition) is 7. The second-order valence-corrected chi connectivity index (χ2v) is 7.98. The van der Waals surface area contributed by atoms with E-state index in [2.05, 4.69) is 6.92 Å². The summed E-state index contributed by atoms with van der Waals surface area (Å²) in [5, 5.41) is 48.5. The second kappa shape index (κ2) is 15.5. The van der Waals surface area contributed by atoms with E-state index < -0.39 is 43.4 Å². The van der Waals surface area contributed by atoms with E-state index in [1.165, 1.54) is 51.4 Å². The van der Waals surface area contributed by atoms with Gasteiger partial charge in [0.1, 0.15) is 24.4 Å². The van der Waals surface area contributed by atoms with Crippen molar-refractivity contribution in [1.82, 2.24) is 0 Å². The van der Waals surface area contributed by atoms with Gasteiger partial charge in [0.25, 0.3) is 0 Å². The largest absolute Gasteiger partial charge is 0.394 e. The summed E-state index contributed by atoms with van der Waals surface area (Å²) in [5.74, 6) is 0. The van der Waals surface area contributed by atoms with Crippen LogP contribution in [0.5, 0.6) is 0 Å². The summed E-state index contributed by atoms with van der Waals surface area (Å²) in [6.45, 7) is 1.92. The zero-order valence-electron chi connectivity index (χ0n) is 17.4. The Labute approximate surface area is 169 Å². The molecule has 0 aliphatic carbocycles. The summed E-state index contributed by atoms with van der Waals surface area (Å²) < 4.78 is 10.7. The van der Waals surface area contributed by atoms with Gasteiger partial charge in [-0.1, -0.05) is 71.1 Å². The number of aliphatic hydroxyl groups is 5. The van der Waals surface area contributed by atoms with Gasteiger partial charge < -0.3 is 35.0 Å². The van der Waals surface area contributed by atoms with E-state index in [1.807, 2.05) is 0 Å². The lowest BCUT2D eigenvalue weighted by Gasteiger charge is -2.39. The van der Waals surface area contributed by atoms with Crippen LogP contribution in [-0.2, 0) is 9.47 Å². The third kappa shape index (κ3) is 9.96. The first-order chi connectivity index (χ1) is 13.5. The fraction of sp³-hybridized carbons (Fsp3) is 1.00. The predicted octanol–water partition coefficient (Wildman–Crippen LogP) is 1.86. The average molecular weight is 407 g/mol. The van der Waals surface area contributed by atoms with E-state index in [0.717, 1.165) is 12.8 Å². The van der Waals surface area contributed by atoms with Crippen LogP contribution in [-0.4, -0.2) is 75.6 Å². The van der Waals surface area contributed by atoms with Crippen LogP contribution in [0, 0.1) is 0 Å². The highest BCUT2D eigenvalue weighted by Gasteiger charge is 2.43. The fourth-order valence-corrected chi connectivity index (χ4v) is 3.54. The van der Waals surface area contributed by atoms with Gasteiger partial charge in [0.2, 0.25) is 0 Å². The molecule has 7 heteroatoms. The maximum atomic E-state index is 10.0. The maximum Gasteiger partial charge on any atom is 0.186 e. The molecule has 1 saturated heterocycles. The van der Waals surface area contributed by atoms with Crippen LogP contribution in [0.15, 0.2) is 0 Å². The maximum absolute atomic E-state index is 10.0. The quantitative estimate of drug-likeness (QED) is 0.248. The standard InChI is InChI=1S/C21H42O7/c1-2-3-4-5-6-7-8-9-10-11-12-16(23)13-14-27-21-20(26)19(25)18(24)17(15-22)28-21/h16-26H,2-15H2,1H3/t16-,17?,18?,19?,20?,21?/m1/s1. The van der Waals surface area contributed by atoms with Gasteiger partial charge in [-0.3, -0.25) is 0 Å². The van der Waals surface area contributed by atoms with Crippen molar-refractivity contribution in [3.8, 4) is 0 Å². The van der Waals surface area contributed by atoms with E-state index in [-0.39, 0.29) is 6.61 Å². The number of unbranched alkanes of at least 4 members (excludes halogenated alkanes) is 9. The van der Waals surface area contributed by atoms with Crippen molar-refractivity contribution >= 4 is 0 Å². The molecule has 0 aromatic heterocycles. The molecule has 1 aliphatic heterocycles. The van der Waals surface area contributed by atoms with Gasteiger partial charge in [-0.15, -0.1) is 0 Å². The Hall–Kier alpha value is -0.280.